The second-order valence-corrected chi connectivity index (χ2v) is 12.6. The van der Waals surface area contributed by atoms with Crippen LogP contribution in [0.4, 0.5) is 0 Å². The standard InChI is InChI=1S/C45H30N2O/c1-3-12-29(13-4-1)31-22-24-35-34-17-8-10-20-41(34)47(42(35)26-31)32-23-25-37-44(27-32)48-43-21-11-18-36(45(37)43)38-28-40(30-14-5-2-6-15-30)46-39-19-9-7-16-33(38)39/h1-9,11-19,21-28H,10,20H2. The summed E-state index contributed by atoms with van der Waals surface area (Å²) < 4.78 is 9.14. The lowest BCUT2D eigenvalue weighted by atomic mass is 9.94. The van der Waals surface area contributed by atoms with Gasteiger partial charge >= 0.3 is 0 Å². The van der Waals surface area contributed by atoms with Gasteiger partial charge < -0.3 is 8.98 Å². The van der Waals surface area contributed by atoms with Gasteiger partial charge in [0, 0.05) is 50.1 Å². The minimum absolute atomic E-state index is 0.885. The van der Waals surface area contributed by atoms with Crippen LogP contribution in [0.2, 0.25) is 0 Å². The molecule has 0 saturated carbocycles. The maximum absolute atomic E-state index is 6.69. The fourth-order valence-electron chi connectivity index (χ4n) is 7.66. The van der Waals surface area contributed by atoms with Crippen LogP contribution in [0.3, 0.4) is 0 Å². The molecule has 0 atom stereocenters. The van der Waals surface area contributed by atoms with Crippen LogP contribution in [0.5, 0.6) is 0 Å². The number of hydrogen-bond donors (Lipinski definition) is 0. The lowest BCUT2D eigenvalue weighted by Crippen LogP contribution is -2.02. The Balaban J connectivity index is 1.19. The highest BCUT2D eigenvalue weighted by atomic mass is 16.3. The van der Waals surface area contributed by atoms with Crippen molar-refractivity contribution in [2.24, 2.45) is 0 Å². The Kier molecular flexibility index (Phi) is 6.00. The molecule has 0 N–H and O–H groups in total. The van der Waals surface area contributed by atoms with Gasteiger partial charge in [0.15, 0.2) is 0 Å². The van der Waals surface area contributed by atoms with Crippen LogP contribution in [0.1, 0.15) is 17.7 Å². The molecule has 1 aliphatic carbocycles. The summed E-state index contributed by atoms with van der Waals surface area (Å²) in [5.41, 5.74) is 14.6. The van der Waals surface area contributed by atoms with E-state index in [0.29, 0.717) is 0 Å². The van der Waals surface area contributed by atoms with E-state index >= 15 is 0 Å². The molecule has 0 radical (unpaired) electrons. The summed E-state index contributed by atoms with van der Waals surface area (Å²) in [4.78, 5) is 5.06. The molecule has 3 aromatic heterocycles. The molecule has 0 unspecified atom stereocenters. The second-order valence-electron chi connectivity index (χ2n) is 12.6. The fourth-order valence-corrected chi connectivity index (χ4v) is 7.66. The molecular weight excluding hydrogens is 585 g/mol. The number of para-hydroxylation sites is 1. The fraction of sp³-hybridized carbons (Fsp3) is 0.0444. The van der Waals surface area contributed by atoms with E-state index in [2.05, 4.69) is 156 Å². The third-order valence-electron chi connectivity index (χ3n) is 9.86. The second kappa shape index (κ2) is 10.7. The number of allylic oxidation sites excluding steroid dienone is 1. The van der Waals surface area contributed by atoms with E-state index < -0.39 is 0 Å². The van der Waals surface area contributed by atoms with E-state index in [1.165, 1.54) is 33.3 Å². The van der Waals surface area contributed by atoms with Crippen LogP contribution in [0, 0.1) is 0 Å². The lowest BCUT2D eigenvalue weighted by molar-refractivity contribution is 0.668. The van der Waals surface area contributed by atoms with Crippen LogP contribution in [0.25, 0.3) is 89.0 Å². The molecule has 10 rings (SSSR count). The van der Waals surface area contributed by atoms with E-state index in [4.69, 9.17) is 9.40 Å². The third kappa shape index (κ3) is 4.18. The first-order valence-electron chi connectivity index (χ1n) is 16.6. The Bertz CT molecular complexity index is 2710. The van der Waals surface area contributed by atoms with Gasteiger partial charge in [0.05, 0.1) is 16.7 Å². The zero-order chi connectivity index (χ0) is 31.6. The number of rotatable bonds is 4. The smallest absolute Gasteiger partial charge is 0.137 e. The third-order valence-corrected chi connectivity index (χ3v) is 9.86. The molecule has 6 aromatic carbocycles. The zero-order valence-electron chi connectivity index (χ0n) is 26.2. The number of fused-ring (bicyclic) bond motifs is 7. The van der Waals surface area contributed by atoms with Gasteiger partial charge in [0.25, 0.3) is 0 Å². The Morgan fingerprint density at radius 2 is 1.35 bits per heavy atom. The van der Waals surface area contributed by atoms with Crippen molar-refractivity contribution in [1.29, 1.82) is 0 Å². The van der Waals surface area contributed by atoms with Crippen molar-refractivity contribution in [1.82, 2.24) is 9.55 Å². The molecule has 0 saturated heterocycles. The normalized spacial score (nSPS) is 12.8. The molecule has 48 heavy (non-hydrogen) atoms. The van der Waals surface area contributed by atoms with Crippen molar-refractivity contribution >= 4 is 49.8 Å². The number of hydrogen-bond acceptors (Lipinski definition) is 2. The highest BCUT2D eigenvalue weighted by Crippen LogP contribution is 2.42. The molecule has 9 aromatic rings. The summed E-state index contributed by atoms with van der Waals surface area (Å²) >= 11 is 0. The van der Waals surface area contributed by atoms with Gasteiger partial charge in [0.2, 0.25) is 0 Å². The number of nitrogens with zero attached hydrogens (tertiary/aromatic N) is 2. The van der Waals surface area contributed by atoms with Crippen molar-refractivity contribution in [3.05, 3.63) is 163 Å². The number of pyridine rings is 1. The molecule has 0 amide bonds. The van der Waals surface area contributed by atoms with Crippen LogP contribution in [-0.4, -0.2) is 9.55 Å². The Morgan fingerprint density at radius 3 is 2.23 bits per heavy atom. The minimum atomic E-state index is 0.885. The largest absolute Gasteiger partial charge is 0.456 e. The maximum Gasteiger partial charge on any atom is 0.137 e. The molecule has 0 bridgehead atoms. The minimum Gasteiger partial charge on any atom is -0.456 e. The number of furan rings is 1. The van der Waals surface area contributed by atoms with E-state index in [9.17, 15) is 0 Å². The van der Waals surface area contributed by atoms with Crippen molar-refractivity contribution < 1.29 is 4.42 Å². The molecule has 226 valence electrons. The molecule has 3 heterocycles. The van der Waals surface area contributed by atoms with Crippen molar-refractivity contribution in [2.45, 2.75) is 12.8 Å². The summed E-state index contributed by atoms with van der Waals surface area (Å²) in [6.45, 7) is 0. The lowest BCUT2D eigenvalue weighted by Gasteiger charge is -2.14. The summed E-state index contributed by atoms with van der Waals surface area (Å²) in [5.74, 6) is 0. The summed E-state index contributed by atoms with van der Waals surface area (Å²) in [7, 11) is 0. The van der Waals surface area contributed by atoms with Crippen molar-refractivity contribution in [3.8, 4) is 39.2 Å². The zero-order valence-corrected chi connectivity index (χ0v) is 26.2. The SMILES string of the molecule is C1=Cc2c(n(-c3ccc4c(c3)oc3cccc(-c5cc(-c6ccccc6)nc6ccccc56)c34)c3cc(-c4ccccc4)ccc23)CC1. The van der Waals surface area contributed by atoms with Gasteiger partial charge in [-0.3, -0.25) is 0 Å². The summed E-state index contributed by atoms with van der Waals surface area (Å²) in [6, 6.07) is 51.8. The van der Waals surface area contributed by atoms with Crippen LogP contribution in [0.15, 0.2) is 156 Å². The van der Waals surface area contributed by atoms with E-state index in [1.807, 2.05) is 6.07 Å². The van der Waals surface area contributed by atoms with Crippen molar-refractivity contribution in [3.63, 3.8) is 0 Å². The van der Waals surface area contributed by atoms with Gasteiger partial charge in [-0.1, -0.05) is 115 Å². The Labute approximate surface area is 278 Å². The summed E-state index contributed by atoms with van der Waals surface area (Å²) in [5, 5.41) is 4.65. The van der Waals surface area contributed by atoms with Gasteiger partial charge in [-0.15, -0.1) is 0 Å². The van der Waals surface area contributed by atoms with E-state index in [-0.39, 0.29) is 0 Å². The average molecular weight is 615 g/mol. The molecule has 3 nitrogen and oxygen atoms in total. The first-order valence-corrected chi connectivity index (χ1v) is 16.6. The van der Waals surface area contributed by atoms with Gasteiger partial charge in [-0.2, -0.15) is 0 Å². The Morgan fingerprint density at radius 1 is 0.562 bits per heavy atom. The van der Waals surface area contributed by atoms with Crippen molar-refractivity contribution in [2.75, 3.05) is 0 Å². The Hall–Kier alpha value is -6.19. The highest BCUT2D eigenvalue weighted by molar-refractivity contribution is 6.15. The van der Waals surface area contributed by atoms with E-state index in [0.717, 1.165) is 73.8 Å². The van der Waals surface area contributed by atoms with Gasteiger partial charge in [-0.05, 0) is 71.5 Å². The number of aromatic nitrogens is 2. The first kappa shape index (κ1) is 27.0. The monoisotopic (exact) mass is 614 g/mol. The maximum atomic E-state index is 6.69. The molecule has 0 aliphatic heterocycles. The highest BCUT2D eigenvalue weighted by Gasteiger charge is 2.21. The van der Waals surface area contributed by atoms with Gasteiger partial charge in [0.1, 0.15) is 11.2 Å². The van der Waals surface area contributed by atoms with Crippen LogP contribution < -0.4 is 0 Å². The van der Waals surface area contributed by atoms with E-state index in [1.54, 1.807) is 0 Å². The van der Waals surface area contributed by atoms with Crippen LogP contribution in [-0.2, 0) is 6.42 Å². The predicted molar refractivity (Wildman–Crippen MR) is 200 cm³/mol. The molecule has 3 heteroatoms. The van der Waals surface area contributed by atoms with Crippen LogP contribution >= 0.6 is 0 Å². The topological polar surface area (TPSA) is 31.0 Å². The molecule has 0 fully saturated rings. The van der Waals surface area contributed by atoms with Gasteiger partial charge in [-0.25, -0.2) is 4.98 Å². The molecular formula is C45H30N2O. The quantitative estimate of drug-likeness (QED) is 0.197. The number of benzene rings is 6. The predicted octanol–water partition coefficient (Wildman–Crippen LogP) is 12.0. The molecule has 1 aliphatic rings. The summed E-state index contributed by atoms with van der Waals surface area (Å²) in [6.07, 6.45) is 6.64. The average Bonchev–Trinajstić information content (AvgIpc) is 3.70. The first-order chi connectivity index (χ1) is 23.8. The molecule has 0 spiro atoms.